The van der Waals surface area contributed by atoms with Gasteiger partial charge in [0, 0.05) is 16.1 Å². The van der Waals surface area contributed by atoms with Crippen molar-refractivity contribution in [1.82, 2.24) is 10.1 Å². The number of hydrogen-bond donors (Lipinski definition) is 1. The summed E-state index contributed by atoms with van der Waals surface area (Å²) in [7, 11) is 0. The van der Waals surface area contributed by atoms with Crippen LogP contribution in [0.15, 0.2) is 59.1 Å². The molecule has 1 amide bonds. The van der Waals surface area contributed by atoms with Gasteiger partial charge < -0.3 is 4.52 Å². The van der Waals surface area contributed by atoms with E-state index < -0.39 is 0 Å². The molecule has 0 radical (unpaired) electrons. The van der Waals surface area contributed by atoms with Crippen LogP contribution in [0.2, 0.25) is 5.02 Å². The van der Waals surface area contributed by atoms with Gasteiger partial charge in [0.25, 0.3) is 17.7 Å². The van der Waals surface area contributed by atoms with Gasteiger partial charge in [-0.3, -0.25) is 10.1 Å². The molecule has 0 saturated carbocycles. The van der Waals surface area contributed by atoms with Gasteiger partial charge in [0.2, 0.25) is 0 Å². The van der Waals surface area contributed by atoms with Crippen LogP contribution < -0.4 is 5.32 Å². The molecule has 0 aliphatic heterocycles. The second kappa shape index (κ2) is 5.76. The summed E-state index contributed by atoms with van der Waals surface area (Å²) in [5.74, 6) is 0.142. The molecule has 5 nitrogen and oxygen atoms in total. The zero-order valence-corrected chi connectivity index (χ0v) is 11.5. The third-order valence-corrected chi connectivity index (χ3v) is 3.03. The molecule has 0 saturated heterocycles. The van der Waals surface area contributed by atoms with Gasteiger partial charge in [0.15, 0.2) is 0 Å². The summed E-state index contributed by atoms with van der Waals surface area (Å²) in [6.45, 7) is 0. The molecule has 0 fully saturated rings. The van der Waals surface area contributed by atoms with Gasteiger partial charge in [0.1, 0.15) is 0 Å². The van der Waals surface area contributed by atoms with Crippen LogP contribution in [-0.4, -0.2) is 16.0 Å². The Bertz CT molecular complexity index is 754. The highest BCUT2D eigenvalue weighted by Gasteiger charge is 2.12. The lowest BCUT2D eigenvalue weighted by atomic mass is 10.2. The Balaban J connectivity index is 1.76. The number of aromatic nitrogens is 2. The van der Waals surface area contributed by atoms with Crippen LogP contribution in [0.4, 0.5) is 5.95 Å². The second-order valence-electron chi connectivity index (χ2n) is 4.25. The van der Waals surface area contributed by atoms with Gasteiger partial charge in [-0.2, -0.15) is 4.98 Å². The average molecular weight is 300 g/mol. The van der Waals surface area contributed by atoms with Crippen LogP contribution in [0.3, 0.4) is 0 Å². The number of halogens is 1. The molecule has 3 aromatic rings. The maximum absolute atomic E-state index is 12.0. The molecule has 6 heteroatoms. The summed E-state index contributed by atoms with van der Waals surface area (Å²) in [6, 6.07) is 15.8. The van der Waals surface area contributed by atoms with E-state index in [1.807, 2.05) is 6.07 Å². The van der Waals surface area contributed by atoms with Crippen molar-refractivity contribution >= 4 is 23.5 Å². The van der Waals surface area contributed by atoms with Crippen molar-refractivity contribution in [3.05, 3.63) is 65.2 Å². The van der Waals surface area contributed by atoms with Crippen LogP contribution in [0.25, 0.3) is 11.5 Å². The van der Waals surface area contributed by atoms with E-state index in [0.29, 0.717) is 16.5 Å². The van der Waals surface area contributed by atoms with E-state index in [0.717, 1.165) is 5.56 Å². The third-order valence-electron chi connectivity index (χ3n) is 2.78. The number of anilines is 1. The second-order valence-corrected chi connectivity index (χ2v) is 4.69. The van der Waals surface area contributed by atoms with E-state index in [4.69, 9.17) is 16.1 Å². The number of carbonyl (C=O) groups excluding carboxylic acids is 1. The lowest BCUT2D eigenvalue weighted by Gasteiger charge is -1.99. The molecule has 0 aliphatic rings. The Morgan fingerprint density at radius 3 is 2.48 bits per heavy atom. The highest BCUT2D eigenvalue weighted by Crippen LogP contribution is 2.20. The standard InChI is InChI=1S/C15H10ClN3O2/c16-12-8-6-11(7-9-12)14-18-15(19-21-14)17-13(20)10-4-2-1-3-5-10/h1-9H,(H,17,19,20). The van der Waals surface area contributed by atoms with Gasteiger partial charge in [-0.05, 0) is 41.6 Å². The van der Waals surface area contributed by atoms with Crippen LogP contribution in [0, 0.1) is 0 Å². The lowest BCUT2D eigenvalue weighted by Crippen LogP contribution is -2.12. The number of hydrogen-bond acceptors (Lipinski definition) is 4. The van der Waals surface area contributed by atoms with E-state index >= 15 is 0 Å². The molecular weight excluding hydrogens is 290 g/mol. The number of nitrogens with zero attached hydrogens (tertiary/aromatic N) is 2. The first-order valence-corrected chi connectivity index (χ1v) is 6.56. The van der Waals surface area contributed by atoms with Crippen LogP contribution in [0.5, 0.6) is 0 Å². The minimum absolute atomic E-state index is 0.119. The van der Waals surface area contributed by atoms with Crippen molar-refractivity contribution in [2.75, 3.05) is 5.32 Å². The molecule has 2 aromatic carbocycles. The summed E-state index contributed by atoms with van der Waals surface area (Å²) in [5, 5.41) is 6.93. The smallest absolute Gasteiger partial charge is 0.270 e. The number of nitrogens with one attached hydrogen (secondary N) is 1. The summed E-state index contributed by atoms with van der Waals surface area (Å²) >= 11 is 5.82. The molecule has 0 unspecified atom stereocenters. The van der Waals surface area contributed by atoms with E-state index in [-0.39, 0.29) is 11.9 Å². The summed E-state index contributed by atoms with van der Waals surface area (Å²) in [4.78, 5) is 16.1. The van der Waals surface area contributed by atoms with Crippen molar-refractivity contribution < 1.29 is 9.32 Å². The number of carbonyl (C=O) groups is 1. The summed E-state index contributed by atoms with van der Waals surface area (Å²) in [5.41, 5.74) is 1.25. The molecular formula is C15H10ClN3O2. The Kier molecular flexibility index (Phi) is 3.66. The number of rotatable bonds is 3. The number of amides is 1. The lowest BCUT2D eigenvalue weighted by molar-refractivity contribution is 0.102. The SMILES string of the molecule is O=C(Nc1noc(-c2ccc(Cl)cc2)n1)c1ccccc1. The maximum atomic E-state index is 12.0. The fourth-order valence-corrected chi connectivity index (χ4v) is 1.87. The van der Waals surface area contributed by atoms with E-state index in [9.17, 15) is 4.79 Å². The quantitative estimate of drug-likeness (QED) is 0.801. The normalized spacial score (nSPS) is 10.3. The monoisotopic (exact) mass is 299 g/mol. The summed E-state index contributed by atoms with van der Waals surface area (Å²) < 4.78 is 5.11. The third kappa shape index (κ3) is 3.09. The zero-order chi connectivity index (χ0) is 14.7. The van der Waals surface area contributed by atoms with Crippen LogP contribution >= 0.6 is 11.6 Å². The highest BCUT2D eigenvalue weighted by molar-refractivity contribution is 6.30. The minimum atomic E-state index is -0.293. The molecule has 21 heavy (non-hydrogen) atoms. The van der Waals surface area contributed by atoms with Gasteiger partial charge in [-0.1, -0.05) is 29.8 Å². The molecule has 0 bridgehead atoms. The molecule has 1 heterocycles. The van der Waals surface area contributed by atoms with Crippen molar-refractivity contribution in [3.63, 3.8) is 0 Å². The molecule has 0 atom stereocenters. The average Bonchev–Trinajstić information content (AvgIpc) is 2.97. The van der Waals surface area contributed by atoms with Crippen LogP contribution in [-0.2, 0) is 0 Å². The number of benzene rings is 2. The van der Waals surface area contributed by atoms with E-state index in [1.54, 1.807) is 48.5 Å². The van der Waals surface area contributed by atoms with Gasteiger partial charge in [-0.25, -0.2) is 0 Å². The Morgan fingerprint density at radius 1 is 1.05 bits per heavy atom. The Labute approximate surface area is 125 Å². The van der Waals surface area contributed by atoms with Crippen molar-refractivity contribution in [3.8, 4) is 11.5 Å². The van der Waals surface area contributed by atoms with E-state index in [2.05, 4.69) is 15.5 Å². The first-order chi connectivity index (χ1) is 10.2. The first kappa shape index (κ1) is 13.3. The topological polar surface area (TPSA) is 68.0 Å². The first-order valence-electron chi connectivity index (χ1n) is 6.18. The van der Waals surface area contributed by atoms with Crippen molar-refractivity contribution in [2.45, 2.75) is 0 Å². The van der Waals surface area contributed by atoms with Gasteiger partial charge in [-0.15, -0.1) is 0 Å². The molecule has 3 rings (SSSR count). The fraction of sp³-hybridized carbons (Fsp3) is 0. The molecule has 104 valence electrons. The predicted molar refractivity (Wildman–Crippen MR) is 79.1 cm³/mol. The van der Waals surface area contributed by atoms with Crippen molar-refractivity contribution in [1.29, 1.82) is 0 Å². The Hall–Kier alpha value is -2.66. The fourth-order valence-electron chi connectivity index (χ4n) is 1.75. The van der Waals surface area contributed by atoms with Gasteiger partial charge in [0.05, 0.1) is 0 Å². The molecule has 1 aromatic heterocycles. The molecule has 0 spiro atoms. The van der Waals surface area contributed by atoms with E-state index in [1.165, 1.54) is 0 Å². The predicted octanol–water partition coefficient (Wildman–Crippen LogP) is 3.64. The van der Waals surface area contributed by atoms with Crippen molar-refractivity contribution in [2.24, 2.45) is 0 Å². The maximum Gasteiger partial charge on any atom is 0.270 e. The molecule has 0 aliphatic carbocycles. The van der Waals surface area contributed by atoms with Crippen LogP contribution in [0.1, 0.15) is 10.4 Å². The van der Waals surface area contributed by atoms with Gasteiger partial charge >= 0.3 is 0 Å². The minimum Gasteiger partial charge on any atom is -0.332 e. The largest absolute Gasteiger partial charge is 0.332 e. The zero-order valence-electron chi connectivity index (χ0n) is 10.8. The summed E-state index contributed by atoms with van der Waals surface area (Å²) in [6.07, 6.45) is 0. The Morgan fingerprint density at radius 2 is 1.76 bits per heavy atom. The molecule has 1 N–H and O–H groups in total. The highest BCUT2D eigenvalue weighted by atomic mass is 35.5.